The van der Waals surface area contributed by atoms with E-state index in [4.69, 9.17) is 4.74 Å². The highest BCUT2D eigenvalue weighted by Crippen LogP contribution is 2.45. The van der Waals surface area contributed by atoms with Crippen LogP contribution in [0, 0.1) is 0 Å². The Balaban J connectivity index is 1.52. The van der Waals surface area contributed by atoms with Gasteiger partial charge in [0.2, 0.25) is 5.88 Å². The van der Waals surface area contributed by atoms with Crippen LogP contribution in [0.25, 0.3) is 22.2 Å². The van der Waals surface area contributed by atoms with Crippen LogP contribution < -0.4 is 15.6 Å². The van der Waals surface area contributed by atoms with Gasteiger partial charge in [-0.15, -0.1) is 0 Å². The summed E-state index contributed by atoms with van der Waals surface area (Å²) < 4.78 is 31.4. The second-order valence-electron chi connectivity index (χ2n) is 9.59. The molecule has 3 aromatic heterocycles. The molecule has 1 saturated carbocycles. The first-order valence-electron chi connectivity index (χ1n) is 12.6. The van der Waals surface area contributed by atoms with Gasteiger partial charge in [0.05, 0.1) is 52.3 Å². The molecule has 3 heterocycles. The summed E-state index contributed by atoms with van der Waals surface area (Å²) >= 11 is 0. The van der Waals surface area contributed by atoms with Crippen LogP contribution in [0.4, 0.5) is 5.82 Å². The standard InChI is InChI=1S/C27H30N6O4S/c1-5-38(35,36)20-10-9-19(28-14-20)13-29-25-27(34)33(16(2)3)22-12-18(8-11-21(22)32-25)23-24(17-6-7-17)30-15-31-26(23)37-4/h8-12,14-17H,5-7,13H2,1-4H3,(H,29,32). The van der Waals surface area contributed by atoms with Gasteiger partial charge in [0.15, 0.2) is 15.7 Å². The smallest absolute Gasteiger partial charge is 0.294 e. The highest BCUT2D eigenvalue weighted by molar-refractivity contribution is 7.91. The van der Waals surface area contributed by atoms with Gasteiger partial charge in [0, 0.05) is 18.2 Å². The van der Waals surface area contributed by atoms with Crippen LogP contribution in [0.2, 0.25) is 0 Å². The SMILES string of the molecule is CCS(=O)(=O)c1ccc(CNc2nc3ccc(-c4c(OC)ncnc4C4CC4)cc3n(C(C)C)c2=O)nc1. The second-order valence-corrected chi connectivity index (χ2v) is 11.9. The lowest BCUT2D eigenvalue weighted by Crippen LogP contribution is -2.27. The first-order valence-corrected chi connectivity index (χ1v) is 14.3. The van der Waals surface area contributed by atoms with Gasteiger partial charge in [-0.3, -0.25) is 9.78 Å². The number of ether oxygens (including phenoxy) is 1. The summed E-state index contributed by atoms with van der Waals surface area (Å²) in [7, 11) is -1.73. The Morgan fingerprint density at radius 1 is 1.13 bits per heavy atom. The molecule has 1 fully saturated rings. The van der Waals surface area contributed by atoms with Gasteiger partial charge in [-0.05, 0) is 56.5 Å². The Bertz CT molecular complexity index is 1660. The van der Waals surface area contributed by atoms with E-state index in [2.05, 4.69) is 25.3 Å². The molecule has 38 heavy (non-hydrogen) atoms. The van der Waals surface area contributed by atoms with Crippen LogP contribution in [-0.4, -0.2) is 45.8 Å². The van der Waals surface area contributed by atoms with E-state index in [1.165, 1.54) is 18.6 Å². The van der Waals surface area contributed by atoms with E-state index in [9.17, 15) is 13.2 Å². The third-order valence-corrected chi connectivity index (χ3v) is 8.39. The molecule has 0 bridgehead atoms. The largest absolute Gasteiger partial charge is 0.480 e. The predicted octanol–water partition coefficient (Wildman–Crippen LogP) is 4.12. The van der Waals surface area contributed by atoms with Crippen molar-refractivity contribution in [2.24, 2.45) is 0 Å². The predicted molar refractivity (Wildman–Crippen MR) is 145 cm³/mol. The van der Waals surface area contributed by atoms with Crippen molar-refractivity contribution < 1.29 is 13.2 Å². The monoisotopic (exact) mass is 534 g/mol. The van der Waals surface area contributed by atoms with Gasteiger partial charge in [0.1, 0.15) is 6.33 Å². The van der Waals surface area contributed by atoms with Crippen molar-refractivity contribution in [3.63, 3.8) is 0 Å². The van der Waals surface area contributed by atoms with E-state index in [1.54, 1.807) is 24.7 Å². The molecule has 1 aromatic carbocycles. The number of benzene rings is 1. The van der Waals surface area contributed by atoms with Crippen LogP contribution in [0.15, 0.2) is 52.5 Å². The first kappa shape index (κ1) is 25.8. The third kappa shape index (κ3) is 4.85. The van der Waals surface area contributed by atoms with Crippen molar-refractivity contribution in [1.29, 1.82) is 0 Å². The number of nitrogens with zero attached hydrogens (tertiary/aromatic N) is 5. The molecule has 0 saturated heterocycles. The number of hydrogen-bond acceptors (Lipinski definition) is 9. The second kappa shape index (κ2) is 10.1. The number of aromatic nitrogens is 5. The maximum Gasteiger partial charge on any atom is 0.294 e. The fourth-order valence-corrected chi connectivity index (χ4v) is 5.32. The molecule has 198 valence electrons. The molecule has 0 unspecified atom stereocenters. The minimum Gasteiger partial charge on any atom is -0.480 e. The average Bonchev–Trinajstić information content (AvgIpc) is 3.77. The maximum absolute atomic E-state index is 13.5. The summed E-state index contributed by atoms with van der Waals surface area (Å²) in [5.41, 5.74) is 4.39. The normalized spacial score (nSPS) is 13.7. The lowest BCUT2D eigenvalue weighted by molar-refractivity contribution is 0.398. The molecular formula is C27H30N6O4S. The van der Waals surface area contributed by atoms with Gasteiger partial charge in [-0.1, -0.05) is 13.0 Å². The highest BCUT2D eigenvalue weighted by atomic mass is 32.2. The number of anilines is 1. The Labute approximate surface area is 221 Å². The van der Waals surface area contributed by atoms with E-state index in [1.807, 2.05) is 32.0 Å². The summed E-state index contributed by atoms with van der Waals surface area (Å²) in [4.78, 5) is 31.4. The number of hydrogen-bond donors (Lipinski definition) is 1. The number of sulfone groups is 1. The van der Waals surface area contributed by atoms with Crippen LogP contribution in [-0.2, 0) is 16.4 Å². The summed E-state index contributed by atoms with van der Waals surface area (Å²) in [6.07, 6.45) is 5.04. The van der Waals surface area contributed by atoms with Crippen molar-refractivity contribution in [3.05, 3.63) is 64.6 Å². The Morgan fingerprint density at radius 2 is 1.92 bits per heavy atom. The molecule has 4 aromatic rings. The van der Waals surface area contributed by atoms with Crippen molar-refractivity contribution in [1.82, 2.24) is 24.5 Å². The molecule has 0 amide bonds. The molecule has 5 rings (SSSR count). The summed E-state index contributed by atoms with van der Waals surface area (Å²) in [6.45, 7) is 5.72. The molecular weight excluding hydrogens is 504 g/mol. The van der Waals surface area contributed by atoms with Gasteiger partial charge in [0.25, 0.3) is 5.56 Å². The summed E-state index contributed by atoms with van der Waals surface area (Å²) in [5, 5.41) is 3.09. The van der Waals surface area contributed by atoms with Crippen LogP contribution in [0.3, 0.4) is 0 Å². The topological polar surface area (TPSA) is 129 Å². The van der Waals surface area contributed by atoms with E-state index in [0.29, 0.717) is 28.5 Å². The maximum atomic E-state index is 13.5. The van der Waals surface area contributed by atoms with E-state index < -0.39 is 9.84 Å². The zero-order chi connectivity index (χ0) is 27.0. The Kier molecular flexibility index (Phi) is 6.87. The molecule has 0 spiro atoms. The molecule has 1 N–H and O–H groups in total. The minimum atomic E-state index is -3.32. The van der Waals surface area contributed by atoms with Crippen LogP contribution in [0.5, 0.6) is 5.88 Å². The zero-order valence-electron chi connectivity index (χ0n) is 21.8. The number of pyridine rings is 1. The van der Waals surface area contributed by atoms with Crippen molar-refractivity contribution in [3.8, 4) is 17.0 Å². The molecule has 0 aliphatic heterocycles. The van der Waals surface area contributed by atoms with E-state index in [0.717, 1.165) is 29.7 Å². The average molecular weight is 535 g/mol. The van der Waals surface area contributed by atoms with Crippen molar-refractivity contribution in [2.75, 3.05) is 18.2 Å². The summed E-state index contributed by atoms with van der Waals surface area (Å²) in [6, 6.07) is 8.83. The number of rotatable bonds is 9. The van der Waals surface area contributed by atoms with Gasteiger partial charge < -0.3 is 14.6 Å². The van der Waals surface area contributed by atoms with Gasteiger partial charge >= 0.3 is 0 Å². The molecule has 1 aliphatic carbocycles. The zero-order valence-corrected chi connectivity index (χ0v) is 22.6. The van der Waals surface area contributed by atoms with Gasteiger partial charge in [-0.2, -0.15) is 0 Å². The van der Waals surface area contributed by atoms with E-state index in [-0.39, 0.29) is 34.6 Å². The molecule has 1 aliphatic rings. The number of methoxy groups -OCH3 is 1. The van der Waals surface area contributed by atoms with Gasteiger partial charge in [-0.25, -0.2) is 23.4 Å². The third-order valence-electron chi connectivity index (χ3n) is 6.67. The fraction of sp³-hybridized carbons (Fsp3) is 0.370. The van der Waals surface area contributed by atoms with E-state index >= 15 is 0 Å². The highest BCUT2D eigenvalue weighted by Gasteiger charge is 2.30. The van der Waals surface area contributed by atoms with Crippen molar-refractivity contribution in [2.45, 2.75) is 57.0 Å². The first-order chi connectivity index (χ1) is 18.2. The minimum absolute atomic E-state index is 0.00964. The Morgan fingerprint density at radius 3 is 2.55 bits per heavy atom. The van der Waals surface area contributed by atoms with Crippen molar-refractivity contribution >= 4 is 26.7 Å². The Hall–Kier alpha value is -3.86. The number of nitrogens with one attached hydrogen (secondary N) is 1. The molecule has 10 nitrogen and oxygen atoms in total. The fourth-order valence-electron chi connectivity index (χ4n) is 4.50. The lowest BCUT2D eigenvalue weighted by atomic mass is 10.0. The van der Waals surface area contributed by atoms with Crippen LogP contribution in [0.1, 0.15) is 57.0 Å². The quantitative estimate of drug-likeness (QED) is 0.337. The molecule has 0 radical (unpaired) electrons. The lowest BCUT2D eigenvalue weighted by Gasteiger charge is -2.18. The molecule has 0 atom stereocenters. The number of fused-ring (bicyclic) bond motifs is 1. The summed E-state index contributed by atoms with van der Waals surface area (Å²) in [5.74, 6) is 1.11. The molecule has 11 heteroatoms. The van der Waals surface area contributed by atoms with Crippen LogP contribution >= 0.6 is 0 Å².